The summed E-state index contributed by atoms with van der Waals surface area (Å²) >= 11 is 0. The summed E-state index contributed by atoms with van der Waals surface area (Å²) in [5.74, 6) is 1.28. The number of hydrogen-bond donors (Lipinski definition) is 1. The molecule has 4 aliphatic rings. The Labute approximate surface area is 148 Å². The number of rotatable bonds is 6. The number of hydrogen-bond acceptors (Lipinski definition) is 5. The third kappa shape index (κ3) is 2.88. The number of carbonyl (C=O) groups is 1. The normalized spacial score (nSPS) is 36.5. The fourth-order valence-corrected chi connectivity index (χ4v) is 6.55. The van der Waals surface area contributed by atoms with Gasteiger partial charge in [-0.15, -0.1) is 0 Å². The SMILES string of the molecule is CCS(=O)(=O)CCNC(=O)C12C[C@@H]3C[C@@H](C1)CC(n1cncn1)(C3)C2. The molecule has 0 saturated heterocycles. The van der Waals surface area contributed by atoms with Gasteiger partial charge in [0.25, 0.3) is 0 Å². The van der Waals surface area contributed by atoms with Crippen LogP contribution in [0.5, 0.6) is 0 Å². The maximum atomic E-state index is 13.0. The zero-order valence-corrected chi connectivity index (χ0v) is 15.5. The molecule has 4 saturated carbocycles. The molecule has 1 aromatic heterocycles. The molecule has 8 heteroatoms. The molecule has 1 aromatic rings. The van der Waals surface area contributed by atoms with Crippen LogP contribution >= 0.6 is 0 Å². The van der Waals surface area contributed by atoms with Crippen LogP contribution < -0.4 is 5.32 Å². The molecule has 1 amide bonds. The van der Waals surface area contributed by atoms with Gasteiger partial charge in [0.15, 0.2) is 9.84 Å². The van der Waals surface area contributed by atoms with Crippen LogP contribution in [0.3, 0.4) is 0 Å². The molecular formula is C17H26N4O3S. The Morgan fingerprint density at radius 1 is 1.28 bits per heavy atom. The zero-order chi connectivity index (χ0) is 17.7. The lowest BCUT2D eigenvalue weighted by Crippen LogP contribution is -2.61. The van der Waals surface area contributed by atoms with Gasteiger partial charge in [0.1, 0.15) is 12.7 Å². The van der Waals surface area contributed by atoms with Crippen LogP contribution in [-0.2, 0) is 20.2 Å². The maximum Gasteiger partial charge on any atom is 0.226 e. The minimum atomic E-state index is -3.06. The molecule has 138 valence electrons. The lowest BCUT2D eigenvalue weighted by Gasteiger charge is -2.60. The molecule has 5 rings (SSSR count). The van der Waals surface area contributed by atoms with Gasteiger partial charge in [-0.3, -0.25) is 4.79 Å². The second-order valence-electron chi connectivity index (χ2n) is 8.30. The van der Waals surface area contributed by atoms with Crippen molar-refractivity contribution < 1.29 is 13.2 Å². The highest BCUT2D eigenvalue weighted by molar-refractivity contribution is 7.91. The van der Waals surface area contributed by atoms with Crippen LogP contribution in [-0.4, -0.2) is 47.1 Å². The molecular weight excluding hydrogens is 340 g/mol. The first-order valence-electron chi connectivity index (χ1n) is 9.20. The van der Waals surface area contributed by atoms with Gasteiger partial charge in [0.05, 0.1) is 16.7 Å². The average molecular weight is 366 g/mol. The van der Waals surface area contributed by atoms with Gasteiger partial charge in [0.2, 0.25) is 5.91 Å². The van der Waals surface area contributed by atoms with Crippen molar-refractivity contribution in [3.05, 3.63) is 12.7 Å². The Kier molecular flexibility index (Phi) is 3.94. The fourth-order valence-electron chi connectivity index (χ4n) is 5.85. The fraction of sp³-hybridized carbons (Fsp3) is 0.824. The predicted octanol–water partition coefficient (Wildman–Crippen LogP) is 1.12. The number of aromatic nitrogens is 3. The Hall–Kier alpha value is -1.44. The molecule has 0 radical (unpaired) electrons. The van der Waals surface area contributed by atoms with Crippen molar-refractivity contribution in [1.82, 2.24) is 20.1 Å². The van der Waals surface area contributed by atoms with E-state index in [-0.39, 0.29) is 34.9 Å². The summed E-state index contributed by atoms with van der Waals surface area (Å²) in [6.45, 7) is 1.85. The molecule has 0 spiro atoms. The molecule has 0 aromatic carbocycles. The minimum absolute atomic E-state index is 0.0202. The molecule has 1 heterocycles. The lowest BCUT2D eigenvalue weighted by atomic mass is 9.46. The van der Waals surface area contributed by atoms with Gasteiger partial charge < -0.3 is 5.32 Å². The highest BCUT2D eigenvalue weighted by atomic mass is 32.2. The van der Waals surface area contributed by atoms with E-state index in [1.54, 1.807) is 19.6 Å². The van der Waals surface area contributed by atoms with Gasteiger partial charge in [-0.2, -0.15) is 5.10 Å². The van der Waals surface area contributed by atoms with Crippen molar-refractivity contribution in [2.75, 3.05) is 18.1 Å². The lowest BCUT2D eigenvalue weighted by molar-refractivity contribution is -0.155. The monoisotopic (exact) mass is 366 g/mol. The van der Waals surface area contributed by atoms with E-state index >= 15 is 0 Å². The first-order chi connectivity index (χ1) is 11.9. The summed E-state index contributed by atoms with van der Waals surface area (Å²) in [6.07, 6.45) is 9.35. The number of amides is 1. The third-order valence-corrected chi connectivity index (χ3v) is 8.26. The molecule has 7 nitrogen and oxygen atoms in total. The molecule has 4 bridgehead atoms. The second kappa shape index (κ2) is 5.79. The summed E-state index contributed by atoms with van der Waals surface area (Å²) in [5.41, 5.74) is -0.459. The number of sulfone groups is 1. The Balaban J connectivity index is 1.52. The van der Waals surface area contributed by atoms with E-state index in [9.17, 15) is 13.2 Å². The van der Waals surface area contributed by atoms with Crippen molar-refractivity contribution in [3.8, 4) is 0 Å². The van der Waals surface area contributed by atoms with E-state index in [1.165, 1.54) is 6.42 Å². The van der Waals surface area contributed by atoms with Gasteiger partial charge >= 0.3 is 0 Å². The van der Waals surface area contributed by atoms with E-state index < -0.39 is 9.84 Å². The predicted molar refractivity (Wildman–Crippen MR) is 92.4 cm³/mol. The first kappa shape index (κ1) is 17.0. The van der Waals surface area contributed by atoms with Crippen LogP contribution in [0.1, 0.15) is 45.4 Å². The van der Waals surface area contributed by atoms with E-state index in [0.717, 1.165) is 32.1 Å². The van der Waals surface area contributed by atoms with E-state index in [1.807, 2.05) is 4.68 Å². The molecule has 1 N–H and O–H groups in total. The quantitative estimate of drug-likeness (QED) is 0.814. The van der Waals surface area contributed by atoms with Crippen LogP contribution in [0.2, 0.25) is 0 Å². The van der Waals surface area contributed by atoms with Gasteiger partial charge in [0, 0.05) is 12.3 Å². The summed E-state index contributed by atoms with van der Waals surface area (Å²) in [4.78, 5) is 17.1. The molecule has 0 unspecified atom stereocenters. The molecule has 0 aliphatic heterocycles. The van der Waals surface area contributed by atoms with Gasteiger partial charge in [-0.05, 0) is 50.4 Å². The number of nitrogens with zero attached hydrogens (tertiary/aromatic N) is 3. The highest BCUT2D eigenvalue weighted by Crippen LogP contribution is 2.64. The Morgan fingerprint density at radius 3 is 2.60 bits per heavy atom. The van der Waals surface area contributed by atoms with Crippen molar-refractivity contribution in [1.29, 1.82) is 0 Å². The van der Waals surface area contributed by atoms with E-state index in [0.29, 0.717) is 11.8 Å². The largest absolute Gasteiger partial charge is 0.355 e. The van der Waals surface area contributed by atoms with Crippen molar-refractivity contribution >= 4 is 15.7 Å². The summed E-state index contributed by atoms with van der Waals surface area (Å²) in [6, 6.07) is 0. The van der Waals surface area contributed by atoms with Gasteiger partial charge in [-0.1, -0.05) is 6.92 Å². The van der Waals surface area contributed by atoms with Crippen LogP contribution in [0.15, 0.2) is 12.7 Å². The Morgan fingerprint density at radius 2 is 2.00 bits per heavy atom. The average Bonchev–Trinajstić information content (AvgIpc) is 3.08. The van der Waals surface area contributed by atoms with Crippen LogP contribution in [0.4, 0.5) is 0 Å². The van der Waals surface area contributed by atoms with Crippen molar-refractivity contribution in [2.45, 2.75) is 51.0 Å². The van der Waals surface area contributed by atoms with Crippen LogP contribution in [0, 0.1) is 17.3 Å². The topological polar surface area (TPSA) is 94.0 Å². The summed E-state index contributed by atoms with van der Waals surface area (Å²) < 4.78 is 25.3. The first-order valence-corrected chi connectivity index (χ1v) is 11.0. The summed E-state index contributed by atoms with van der Waals surface area (Å²) in [5, 5.41) is 7.33. The maximum absolute atomic E-state index is 13.0. The second-order valence-corrected chi connectivity index (χ2v) is 10.8. The molecule has 4 aliphatic carbocycles. The molecule has 4 fully saturated rings. The summed E-state index contributed by atoms with van der Waals surface area (Å²) in [7, 11) is -3.06. The molecule has 25 heavy (non-hydrogen) atoms. The number of carbonyl (C=O) groups excluding carboxylic acids is 1. The smallest absolute Gasteiger partial charge is 0.226 e. The minimum Gasteiger partial charge on any atom is -0.355 e. The molecule has 2 atom stereocenters. The van der Waals surface area contributed by atoms with Gasteiger partial charge in [-0.25, -0.2) is 18.1 Å². The van der Waals surface area contributed by atoms with E-state index in [2.05, 4.69) is 15.4 Å². The highest BCUT2D eigenvalue weighted by Gasteiger charge is 2.61. The standard InChI is InChI=1S/C17H26N4O3S/c1-2-25(23,24)4-3-19-15(22)16-6-13-5-14(7-16)9-17(8-13,10-16)21-12-18-11-20-21/h11-14H,2-10H2,1H3,(H,19,22)/t13-,14-,16?,17?/m0/s1. The number of nitrogens with one attached hydrogen (secondary N) is 1. The van der Waals surface area contributed by atoms with Crippen LogP contribution in [0.25, 0.3) is 0 Å². The Bertz CT molecular complexity index is 745. The third-order valence-electron chi connectivity index (χ3n) is 6.56. The van der Waals surface area contributed by atoms with Crippen molar-refractivity contribution in [2.24, 2.45) is 17.3 Å². The zero-order valence-electron chi connectivity index (χ0n) is 14.6. The van der Waals surface area contributed by atoms with Crippen molar-refractivity contribution in [3.63, 3.8) is 0 Å². The van der Waals surface area contributed by atoms with E-state index in [4.69, 9.17) is 0 Å².